The van der Waals surface area contributed by atoms with E-state index in [0.29, 0.717) is 24.1 Å². The molecule has 2 atom stereocenters. The number of likely N-dealkylation sites (tertiary alicyclic amines) is 1. The van der Waals surface area contributed by atoms with Crippen LogP contribution in [-0.4, -0.2) is 46.1 Å². The van der Waals surface area contributed by atoms with E-state index in [4.69, 9.17) is 0 Å². The Morgan fingerprint density at radius 1 is 1.19 bits per heavy atom. The highest BCUT2D eigenvalue weighted by molar-refractivity contribution is 5.79. The molecule has 1 amide bonds. The quantitative estimate of drug-likeness (QED) is 0.862. The van der Waals surface area contributed by atoms with E-state index in [0.717, 1.165) is 44.5 Å². The SMILES string of the molecule is Cc1cc2n(n1)[C@@H](C(F)F)C[C@@H](C1CCN(C(=O)C3CCCCC3)CC1)N2. The molecule has 2 fully saturated rings. The van der Waals surface area contributed by atoms with Crippen LogP contribution in [0.15, 0.2) is 6.07 Å². The second kappa shape index (κ2) is 7.76. The molecule has 4 rings (SSSR count). The maximum absolute atomic E-state index is 13.6. The number of nitrogens with zero attached hydrogens (tertiary/aromatic N) is 3. The molecule has 1 N–H and O–H groups in total. The van der Waals surface area contributed by atoms with Crippen LogP contribution >= 0.6 is 0 Å². The van der Waals surface area contributed by atoms with E-state index in [1.165, 1.54) is 23.9 Å². The molecule has 1 aliphatic carbocycles. The van der Waals surface area contributed by atoms with E-state index in [2.05, 4.69) is 10.4 Å². The van der Waals surface area contributed by atoms with Crippen LogP contribution < -0.4 is 5.32 Å². The molecule has 0 unspecified atom stereocenters. The largest absolute Gasteiger partial charge is 0.367 e. The first-order valence-corrected chi connectivity index (χ1v) is 10.4. The van der Waals surface area contributed by atoms with Crippen LogP contribution in [0.2, 0.25) is 0 Å². The Balaban J connectivity index is 1.37. The van der Waals surface area contributed by atoms with Gasteiger partial charge in [-0.1, -0.05) is 19.3 Å². The number of amides is 1. The van der Waals surface area contributed by atoms with Gasteiger partial charge >= 0.3 is 0 Å². The summed E-state index contributed by atoms with van der Waals surface area (Å²) in [6.07, 6.45) is 5.40. The number of fused-ring (bicyclic) bond motifs is 1. The molecule has 150 valence electrons. The van der Waals surface area contributed by atoms with Gasteiger partial charge in [0.1, 0.15) is 11.9 Å². The third-order valence-corrected chi connectivity index (χ3v) is 6.67. The van der Waals surface area contributed by atoms with Crippen molar-refractivity contribution in [2.24, 2.45) is 11.8 Å². The zero-order valence-electron chi connectivity index (χ0n) is 16.0. The van der Waals surface area contributed by atoms with Gasteiger partial charge in [-0.05, 0) is 44.9 Å². The van der Waals surface area contributed by atoms with Crippen molar-refractivity contribution in [3.05, 3.63) is 11.8 Å². The van der Waals surface area contributed by atoms with Gasteiger partial charge in [-0.2, -0.15) is 5.10 Å². The normalized spacial score (nSPS) is 27.5. The smallest absolute Gasteiger partial charge is 0.260 e. The fourth-order valence-electron chi connectivity index (χ4n) is 5.14. The topological polar surface area (TPSA) is 50.2 Å². The lowest BCUT2D eigenvalue weighted by Crippen LogP contribution is -2.47. The number of piperidine rings is 1. The van der Waals surface area contributed by atoms with Crippen LogP contribution in [0.4, 0.5) is 14.6 Å². The zero-order valence-corrected chi connectivity index (χ0v) is 16.0. The Morgan fingerprint density at radius 3 is 2.56 bits per heavy atom. The van der Waals surface area contributed by atoms with Gasteiger partial charge in [0.15, 0.2) is 0 Å². The lowest BCUT2D eigenvalue weighted by molar-refractivity contribution is -0.138. The van der Waals surface area contributed by atoms with Crippen LogP contribution in [-0.2, 0) is 4.79 Å². The number of carbonyl (C=O) groups is 1. The molecule has 0 bridgehead atoms. The van der Waals surface area contributed by atoms with Gasteiger partial charge in [-0.3, -0.25) is 4.79 Å². The number of nitrogens with one attached hydrogen (secondary N) is 1. The summed E-state index contributed by atoms with van der Waals surface area (Å²) in [6, 6.07) is 1.02. The van der Waals surface area contributed by atoms with Crippen molar-refractivity contribution in [1.29, 1.82) is 0 Å². The molecule has 5 nitrogen and oxygen atoms in total. The van der Waals surface area contributed by atoms with Crippen molar-refractivity contribution < 1.29 is 13.6 Å². The average molecular weight is 380 g/mol. The van der Waals surface area contributed by atoms with Crippen LogP contribution in [0.3, 0.4) is 0 Å². The highest BCUT2D eigenvalue weighted by Crippen LogP contribution is 2.37. The first-order valence-electron chi connectivity index (χ1n) is 10.4. The molecular weight excluding hydrogens is 350 g/mol. The van der Waals surface area contributed by atoms with Gasteiger partial charge in [-0.25, -0.2) is 13.5 Å². The first-order chi connectivity index (χ1) is 13.0. The van der Waals surface area contributed by atoms with Gasteiger partial charge in [0, 0.05) is 31.1 Å². The number of anilines is 1. The molecule has 1 saturated carbocycles. The molecule has 3 heterocycles. The van der Waals surface area contributed by atoms with E-state index < -0.39 is 12.5 Å². The number of aromatic nitrogens is 2. The van der Waals surface area contributed by atoms with E-state index >= 15 is 0 Å². The third-order valence-electron chi connectivity index (χ3n) is 6.67. The fraction of sp³-hybridized carbons (Fsp3) is 0.800. The molecule has 0 spiro atoms. The van der Waals surface area contributed by atoms with Crippen molar-refractivity contribution >= 4 is 11.7 Å². The minimum Gasteiger partial charge on any atom is -0.367 e. The van der Waals surface area contributed by atoms with Crippen molar-refractivity contribution in [2.45, 2.75) is 76.8 Å². The number of hydrogen-bond donors (Lipinski definition) is 1. The van der Waals surface area contributed by atoms with Crippen molar-refractivity contribution in [2.75, 3.05) is 18.4 Å². The highest BCUT2D eigenvalue weighted by atomic mass is 19.3. The predicted molar refractivity (Wildman–Crippen MR) is 99.9 cm³/mol. The minimum absolute atomic E-state index is 0.0273. The van der Waals surface area contributed by atoms with Gasteiger partial charge in [0.25, 0.3) is 6.43 Å². The monoisotopic (exact) mass is 380 g/mol. The molecular formula is C20H30F2N4O. The maximum atomic E-state index is 13.6. The zero-order chi connectivity index (χ0) is 19.0. The second-order valence-electron chi connectivity index (χ2n) is 8.50. The van der Waals surface area contributed by atoms with Crippen molar-refractivity contribution in [3.8, 4) is 0 Å². The van der Waals surface area contributed by atoms with Gasteiger partial charge in [-0.15, -0.1) is 0 Å². The summed E-state index contributed by atoms with van der Waals surface area (Å²) in [4.78, 5) is 14.8. The molecule has 3 aliphatic rings. The number of alkyl halides is 2. The summed E-state index contributed by atoms with van der Waals surface area (Å²) < 4.78 is 28.6. The number of aryl methyl sites for hydroxylation is 1. The molecule has 7 heteroatoms. The lowest BCUT2D eigenvalue weighted by Gasteiger charge is -2.41. The fourth-order valence-corrected chi connectivity index (χ4v) is 5.14. The molecule has 27 heavy (non-hydrogen) atoms. The lowest BCUT2D eigenvalue weighted by atomic mass is 9.83. The van der Waals surface area contributed by atoms with E-state index in [9.17, 15) is 13.6 Å². The maximum Gasteiger partial charge on any atom is 0.260 e. The summed E-state index contributed by atoms with van der Waals surface area (Å²) in [6.45, 7) is 3.35. The molecule has 1 saturated heterocycles. The Hall–Kier alpha value is -1.66. The number of hydrogen-bond acceptors (Lipinski definition) is 3. The van der Waals surface area contributed by atoms with Gasteiger partial charge in [0.05, 0.1) is 5.69 Å². The minimum atomic E-state index is -2.42. The average Bonchev–Trinajstić information content (AvgIpc) is 3.07. The number of carbonyl (C=O) groups excluding carboxylic acids is 1. The van der Waals surface area contributed by atoms with E-state index in [-0.39, 0.29) is 12.0 Å². The van der Waals surface area contributed by atoms with Crippen LogP contribution in [0.5, 0.6) is 0 Å². The summed E-state index contributed by atoms with van der Waals surface area (Å²) in [7, 11) is 0. The summed E-state index contributed by atoms with van der Waals surface area (Å²) in [5, 5.41) is 7.69. The van der Waals surface area contributed by atoms with Gasteiger partial charge < -0.3 is 10.2 Å². The summed E-state index contributed by atoms with van der Waals surface area (Å²) in [5.74, 6) is 1.56. The van der Waals surface area contributed by atoms with Crippen LogP contribution in [0.25, 0.3) is 0 Å². The van der Waals surface area contributed by atoms with Crippen LogP contribution in [0.1, 0.15) is 63.1 Å². The Kier molecular flexibility index (Phi) is 5.37. The second-order valence-corrected chi connectivity index (χ2v) is 8.50. The van der Waals surface area contributed by atoms with Crippen molar-refractivity contribution in [1.82, 2.24) is 14.7 Å². The standard InChI is InChI=1S/C20H30F2N4O/c1-13-11-18-23-16(12-17(19(21)22)26(18)24-13)14-7-9-25(10-8-14)20(27)15-5-3-2-4-6-15/h11,14-17,19,23H,2-10,12H2,1H3/t16-,17+/m0/s1. The van der Waals surface area contributed by atoms with Crippen LogP contribution in [0, 0.1) is 18.8 Å². The van der Waals surface area contributed by atoms with Gasteiger partial charge in [0.2, 0.25) is 5.91 Å². The van der Waals surface area contributed by atoms with E-state index in [1.807, 2.05) is 17.9 Å². The summed E-state index contributed by atoms with van der Waals surface area (Å²) in [5.41, 5.74) is 0.761. The molecule has 2 aliphatic heterocycles. The van der Waals surface area contributed by atoms with E-state index in [1.54, 1.807) is 0 Å². The summed E-state index contributed by atoms with van der Waals surface area (Å²) >= 11 is 0. The first kappa shape index (κ1) is 18.7. The highest BCUT2D eigenvalue weighted by Gasteiger charge is 2.38. The predicted octanol–water partition coefficient (Wildman–Crippen LogP) is 4.00. The molecule has 0 aromatic carbocycles. The Bertz CT molecular complexity index is 663. The Morgan fingerprint density at radius 2 is 1.89 bits per heavy atom. The van der Waals surface area contributed by atoms with Crippen molar-refractivity contribution in [3.63, 3.8) is 0 Å². The number of rotatable bonds is 3. The Labute approximate surface area is 159 Å². The molecule has 1 aromatic rings. The molecule has 0 radical (unpaired) electrons. The molecule has 1 aromatic heterocycles. The number of halogens is 2. The third kappa shape index (κ3) is 3.83.